The lowest BCUT2D eigenvalue weighted by Gasteiger charge is -2.42. The molecule has 2 aliphatic rings. The number of carboxylic acid groups (broad SMARTS) is 1. The lowest BCUT2D eigenvalue weighted by molar-refractivity contribution is -0.926. The number of carbonyl (C=O) groups is 7. The normalized spacial score (nSPS) is 14.5. The number of para-hydroxylation sites is 2. The molecule has 0 bridgehead atoms. The molecule has 0 saturated carbocycles. The minimum absolute atomic E-state index is 0.00895. The number of likely N-dealkylation sites (N-methyl/N-ethyl adjacent to an activating group) is 1. The molecule has 8 N–H and O–H groups in total. The Morgan fingerprint density at radius 1 is 0.821 bits per heavy atom. The molecule has 558 valence electrons. The summed E-state index contributed by atoms with van der Waals surface area (Å²) in [6.45, 7) is 8.32. The third kappa shape index (κ3) is 20.1. The molecule has 28 nitrogen and oxygen atoms in total. The average molecular weight is 1510 g/mol. The number of thiophene rings is 1. The second-order valence-corrected chi connectivity index (χ2v) is 28.6. The van der Waals surface area contributed by atoms with Crippen molar-refractivity contribution >= 4 is 90.5 Å². The number of aliphatic carboxylic acids is 1. The zero-order chi connectivity index (χ0) is 75.8. The molecular formula is C74H81ClFN12O16S2+. The van der Waals surface area contributed by atoms with E-state index in [4.69, 9.17) is 46.0 Å². The molecular weight excluding hydrogens is 1430 g/mol. The molecule has 106 heavy (non-hydrogen) atoms. The van der Waals surface area contributed by atoms with E-state index in [1.54, 1.807) is 75.7 Å². The summed E-state index contributed by atoms with van der Waals surface area (Å²) < 4.78 is 81.8. The van der Waals surface area contributed by atoms with Gasteiger partial charge in [0, 0.05) is 79.1 Å². The van der Waals surface area contributed by atoms with Gasteiger partial charge in [-0.05, 0) is 109 Å². The molecule has 0 spiro atoms. The second-order valence-electron chi connectivity index (χ2n) is 25.8. The lowest BCUT2D eigenvalue weighted by Crippen LogP contribution is -2.57. The first kappa shape index (κ1) is 78.1. The molecule has 8 aromatic rings. The van der Waals surface area contributed by atoms with Crippen LogP contribution in [0.2, 0.25) is 5.02 Å². The van der Waals surface area contributed by atoms with Crippen LogP contribution in [0.5, 0.6) is 23.1 Å². The molecule has 0 radical (unpaired) electrons. The van der Waals surface area contributed by atoms with Gasteiger partial charge in [-0.25, -0.2) is 33.9 Å². The van der Waals surface area contributed by atoms with Crippen LogP contribution < -0.4 is 45.9 Å². The van der Waals surface area contributed by atoms with Crippen LogP contribution in [0.4, 0.5) is 14.9 Å². The first-order valence-corrected chi connectivity index (χ1v) is 36.6. The molecule has 0 unspecified atom stereocenters. The number of piperazine rings is 1. The van der Waals surface area contributed by atoms with Crippen LogP contribution in [0.3, 0.4) is 0 Å². The molecule has 32 heteroatoms. The minimum atomic E-state index is -4.87. The van der Waals surface area contributed by atoms with Crippen LogP contribution in [-0.4, -0.2) is 192 Å². The summed E-state index contributed by atoms with van der Waals surface area (Å²) >= 11 is 8.52. The number of methoxy groups -OCH3 is 1. The molecule has 2 aliphatic heterocycles. The maximum Gasteiger partial charge on any atom is 0.345 e. The predicted molar refractivity (Wildman–Crippen MR) is 392 cm³/mol. The Kier molecular flexibility index (Phi) is 26.1. The number of nitrogens with one attached hydrogen (secondary N) is 4. The summed E-state index contributed by atoms with van der Waals surface area (Å²) in [6.07, 6.45) is 3.56. The first-order chi connectivity index (χ1) is 50.8. The van der Waals surface area contributed by atoms with Crippen molar-refractivity contribution in [1.29, 1.82) is 0 Å². The highest BCUT2D eigenvalue weighted by atomic mass is 35.5. The Balaban J connectivity index is 0.772. The monoisotopic (exact) mass is 1510 g/mol. The molecule has 3 atom stereocenters. The highest BCUT2D eigenvalue weighted by Crippen LogP contribution is 2.50. The van der Waals surface area contributed by atoms with Crippen molar-refractivity contribution in [2.24, 2.45) is 11.7 Å². The number of ether oxygens (including phenoxy) is 5. The number of carboxylic acids is 1. The van der Waals surface area contributed by atoms with E-state index >= 15 is 0 Å². The Bertz CT molecular complexity index is 4700. The Hall–Kier alpha value is -10.5. The van der Waals surface area contributed by atoms with E-state index in [9.17, 15) is 56.0 Å². The Morgan fingerprint density at radius 3 is 2.25 bits per heavy atom. The second kappa shape index (κ2) is 35.5. The topological polar surface area (TPSA) is 372 Å². The summed E-state index contributed by atoms with van der Waals surface area (Å²) in [7, 11) is -1.33. The number of benzene rings is 5. The number of rotatable bonds is 35. The summed E-state index contributed by atoms with van der Waals surface area (Å²) in [5.74, 6) is -3.32. The van der Waals surface area contributed by atoms with Gasteiger partial charge in [0.1, 0.15) is 71.0 Å². The molecule has 10 rings (SSSR count). The van der Waals surface area contributed by atoms with Crippen molar-refractivity contribution in [1.82, 2.24) is 45.7 Å². The summed E-state index contributed by atoms with van der Waals surface area (Å²) in [5.41, 5.74) is 9.78. The van der Waals surface area contributed by atoms with E-state index in [1.165, 1.54) is 41.9 Å². The quantitative estimate of drug-likeness (QED) is 0.00851. The number of hydrogen-bond acceptors (Lipinski definition) is 20. The average Bonchev–Trinajstić information content (AvgIpc) is 1.59. The maximum absolute atomic E-state index is 14.5. The van der Waals surface area contributed by atoms with Gasteiger partial charge in [0.15, 0.2) is 5.82 Å². The number of amides is 7. The van der Waals surface area contributed by atoms with Gasteiger partial charge in [0.05, 0.1) is 68.7 Å². The first-order valence-electron chi connectivity index (χ1n) is 34.0. The van der Waals surface area contributed by atoms with E-state index in [1.807, 2.05) is 44.3 Å². The van der Waals surface area contributed by atoms with Crippen LogP contribution in [0.25, 0.3) is 43.2 Å². The summed E-state index contributed by atoms with van der Waals surface area (Å²) in [5, 5.41) is 21.9. The Labute approximate surface area is 619 Å². The van der Waals surface area contributed by atoms with Crippen LogP contribution >= 0.6 is 22.9 Å². The molecule has 1 saturated heterocycles. The highest BCUT2D eigenvalue weighted by Gasteiger charge is 2.35. The SMILES string of the molecule is COc1ccccc1-c1nccc(COc2ccccc2C[C@@H](Oc2ncnc3sc(-c4ccc(F)cc4)c(-c4ccc(OCCN5CC[N+](C)(Cc6ccc(NC(=O)[C@H](CCCNC(N)=O)NC(=O)[C@@H](NC(=O)CCOCCN7C(=O)C=CC7=O)C(C)C)cc6S(=O)(=O)O)CC5)c(Cl)c4C)c23)C(=O)O)n1. The van der Waals surface area contributed by atoms with Gasteiger partial charge in [0.25, 0.3) is 21.9 Å². The van der Waals surface area contributed by atoms with Crippen molar-refractivity contribution in [2.45, 2.75) is 82.7 Å². The lowest BCUT2D eigenvalue weighted by atomic mass is 9.96. The van der Waals surface area contributed by atoms with E-state index in [-0.39, 0.29) is 88.9 Å². The van der Waals surface area contributed by atoms with Crippen molar-refractivity contribution in [3.05, 3.63) is 167 Å². The molecule has 0 aliphatic carbocycles. The highest BCUT2D eigenvalue weighted by molar-refractivity contribution is 7.85. The number of fused-ring (bicyclic) bond motifs is 1. The fourth-order valence-corrected chi connectivity index (χ4v) is 14.3. The van der Waals surface area contributed by atoms with Gasteiger partial charge in [-0.15, -0.1) is 11.3 Å². The smallest absolute Gasteiger partial charge is 0.345 e. The third-order valence-corrected chi connectivity index (χ3v) is 20.5. The molecule has 7 amide bonds. The van der Waals surface area contributed by atoms with Gasteiger partial charge in [0.2, 0.25) is 29.7 Å². The fraction of sp³-hybridized carbons (Fsp3) is 0.338. The summed E-state index contributed by atoms with van der Waals surface area (Å²) in [4.78, 5) is 111. The standard InChI is InChI=1S/C74H80ClFN12O16S2/c1-44(2)66(85-60(89)27-36-101-37-33-87-61(90)24-25-62(87)91)70(93)84-54(13-10-28-79-74(77)96)69(92)83-50-21-18-48(59(40-50)106(97,98)99)41-88(4)34-30-86(31-35-88)32-38-102-57-23-22-52(45(3)65(57)75)63-64-71(80-43-81-72(64)105-67(63)46-16-19-49(76)20-17-46)104-58(73(94)95)39-47-11-6-8-14-55(47)103-42-51-26-29-78-68(82-51)53-12-7-9-15-56(53)100-5/h6-9,11-12,14-26,29,40,43-44,54,58,66H,10,13,27-28,30-39,41-42H2,1-5H3,(H7-,77,79,83,84,85,89,92,93,94,95,96,97,98,99)/p+1/t54-,58+,66-/m0/s1. The van der Waals surface area contributed by atoms with E-state index in [2.05, 4.69) is 41.1 Å². The molecule has 3 aromatic heterocycles. The van der Waals surface area contributed by atoms with Crippen molar-refractivity contribution < 1.29 is 84.2 Å². The number of hydrogen-bond donors (Lipinski definition) is 7. The molecule has 5 aromatic carbocycles. The number of imide groups is 1. The van der Waals surface area contributed by atoms with Crippen LogP contribution in [0, 0.1) is 18.7 Å². The fourth-order valence-electron chi connectivity index (χ4n) is 12.2. The number of anilines is 1. The molecule has 1 fully saturated rings. The maximum atomic E-state index is 14.5. The number of nitrogens with zero attached hydrogens (tertiary/aromatic N) is 7. The van der Waals surface area contributed by atoms with Crippen LogP contribution in [0.15, 0.2) is 139 Å². The number of halogens is 2. The predicted octanol–water partition coefficient (Wildman–Crippen LogP) is 8.18. The van der Waals surface area contributed by atoms with E-state index in [0.29, 0.717) is 119 Å². The van der Waals surface area contributed by atoms with Gasteiger partial charge in [-0.1, -0.05) is 74.0 Å². The van der Waals surface area contributed by atoms with Gasteiger partial charge < -0.3 is 60.3 Å². The number of nitrogens with two attached hydrogens (primary N) is 1. The van der Waals surface area contributed by atoms with E-state index in [0.717, 1.165) is 23.1 Å². The van der Waals surface area contributed by atoms with Crippen molar-refractivity contribution in [2.75, 3.05) is 85.1 Å². The zero-order valence-corrected chi connectivity index (χ0v) is 61.1. The van der Waals surface area contributed by atoms with Crippen LogP contribution in [0.1, 0.15) is 55.5 Å². The molecule has 5 heterocycles. The number of carbonyl (C=O) groups excluding carboxylic acids is 6. The van der Waals surface area contributed by atoms with Gasteiger partial charge in [-0.3, -0.25) is 38.3 Å². The number of urea groups is 1. The van der Waals surface area contributed by atoms with Gasteiger partial charge >= 0.3 is 12.0 Å². The minimum Gasteiger partial charge on any atom is -0.496 e. The Morgan fingerprint density at radius 2 is 1.55 bits per heavy atom. The summed E-state index contributed by atoms with van der Waals surface area (Å²) in [6, 6.07) is 26.6. The number of primary amides is 1. The number of quaternary nitrogens is 1. The zero-order valence-electron chi connectivity index (χ0n) is 58.7. The van der Waals surface area contributed by atoms with Crippen LogP contribution in [-0.2, 0) is 63.2 Å². The van der Waals surface area contributed by atoms with Gasteiger partial charge in [-0.2, -0.15) is 8.42 Å². The third-order valence-electron chi connectivity index (χ3n) is 18.0. The van der Waals surface area contributed by atoms with Crippen molar-refractivity contribution in [3.63, 3.8) is 0 Å². The van der Waals surface area contributed by atoms with Crippen molar-refractivity contribution in [3.8, 4) is 56.1 Å². The number of aromatic nitrogens is 4. The largest absolute Gasteiger partial charge is 0.496 e. The van der Waals surface area contributed by atoms with E-state index < -0.39 is 86.5 Å².